The molecule has 1 saturated carbocycles. The van der Waals surface area contributed by atoms with Gasteiger partial charge in [-0.2, -0.15) is 9.78 Å². The second-order valence-corrected chi connectivity index (χ2v) is 10.9. The number of hydrogen-bond donors (Lipinski definition) is 0. The van der Waals surface area contributed by atoms with Gasteiger partial charge in [0.05, 0.1) is 30.3 Å². The number of benzene rings is 2. The molecule has 0 N–H and O–H groups in total. The minimum Gasteiger partial charge on any atom is -0.490 e. The summed E-state index contributed by atoms with van der Waals surface area (Å²) in [6.07, 6.45) is 6.83. The third kappa shape index (κ3) is 6.40. The number of rotatable bonds is 9. The molecule has 1 aliphatic rings. The summed E-state index contributed by atoms with van der Waals surface area (Å²) in [5.74, 6) is 0.835. The second-order valence-electron chi connectivity index (χ2n) is 8.78. The molecule has 0 unspecified atom stereocenters. The van der Waals surface area contributed by atoms with E-state index in [1.54, 1.807) is 25.3 Å². The van der Waals surface area contributed by atoms with Crippen molar-refractivity contribution in [2.75, 3.05) is 19.8 Å². The van der Waals surface area contributed by atoms with Gasteiger partial charge in [-0.15, -0.1) is 0 Å². The minimum atomic E-state index is -0.516. The molecule has 3 aromatic rings. The minimum absolute atomic E-state index is 0.145. The van der Waals surface area contributed by atoms with Gasteiger partial charge in [-0.1, -0.05) is 46.8 Å². The summed E-state index contributed by atoms with van der Waals surface area (Å²) in [6, 6.07) is 7.19. The lowest BCUT2D eigenvalue weighted by molar-refractivity contribution is -0.145. The van der Waals surface area contributed by atoms with E-state index in [0.717, 1.165) is 30.2 Å². The Morgan fingerprint density at radius 1 is 1.16 bits per heavy atom. The Morgan fingerprint density at radius 2 is 1.92 bits per heavy atom. The highest BCUT2D eigenvalue weighted by atomic mass is 79.9. The van der Waals surface area contributed by atoms with E-state index in [1.165, 1.54) is 11.1 Å². The van der Waals surface area contributed by atoms with Gasteiger partial charge >= 0.3 is 5.97 Å². The van der Waals surface area contributed by atoms with E-state index >= 15 is 0 Å². The molecule has 38 heavy (non-hydrogen) atoms. The predicted molar refractivity (Wildman–Crippen MR) is 155 cm³/mol. The summed E-state index contributed by atoms with van der Waals surface area (Å²) >= 11 is 13.6. The highest BCUT2D eigenvalue weighted by Gasteiger charge is 2.23. The van der Waals surface area contributed by atoms with Crippen molar-refractivity contribution in [2.24, 2.45) is 5.10 Å². The number of carbonyl (C=O) groups excluding carboxylic acids is 1. The number of aromatic nitrogens is 2. The largest absolute Gasteiger partial charge is 0.490 e. The van der Waals surface area contributed by atoms with Crippen LogP contribution in [0.4, 0.5) is 0 Å². The van der Waals surface area contributed by atoms with Crippen molar-refractivity contribution in [2.45, 2.75) is 51.9 Å². The maximum absolute atomic E-state index is 13.6. The van der Waals surface area contributed by atoms with Crippen molar-refractivity contribution < 1.29 is 19.0 Å². The Labute approximate surface area is 242 Å². The van der Waals surface area contributed by atoms with Crippen LogP contribution in [0.3, 0.4) is 0 Å². The van der Waals surface area contributed by atoms with E-state index < -0.39 is 5.97 Å². The fourth-order valence-electron chi connectivity index (χ4n) is 4.45. The van der Waals surface area contributed by atoms with Crippen LogP contribution < -0.4 is 15.0 Å². The van der Waals surface area contributed by atoms with Gasteiger partial charge < -0.3 is 14.2 Å². The highest BCUT2D eigenvalue weighted by molar-refractivity contribution is 9.10. The van der Waals surface area contributed by atoms with Gasteiger partial charge in [0.2, 0.25) is 0 Å². The van der Waals surface area contributed by atoms with E-state index in [4.69, 9.17) is 30.8 Å². The van der Waals surface area contributed by atoms with Crippen molar-refractivity contribution in [3.05, 3.63) is 60.0 Å². The van der Waals surface area contributed by atoms with Crippen molar-refractivity contribution >= 4 is 66.5 Å². The lowest BCUT2D eigenvalue weighted by Crippen LogP contribution is -2.25. The number of halogens is 3. The monoisotopic (exact) mass is 667 g/mol. The number of esters is 1. The van der Waals surface area contributed by atoms with E-state index in [2.05, 4.69) is 37.0 Å². The molecule has 11 heteroatoms. The first-order chi connectivity index (χ1) is 18.3. The molecule has 0 bridgehead atoms. The number of nitrogens with zero attached hydrogens (tertiary/aromatic N) is 3. The lowest BCUT2D eigenvalue weighted by Gasteiger charge is -2.22. The summed E-state index contributed by atoms with van der Waals surface area (Å²) in [6.45, 7) is 3.82. The molecular weight excluding hydrogens is 642 g/mol. The van der Waals surface area contributed by atoms with Gasteiger partial charge in [-0.3, -0.25) is 4.79 Å². The zero-order chi connectivity index (χ0) is 27.2. The number of fused-ring (bicyclic) bond motifs is 1. The summed E-state index contributed by atoms with van der Waals surface area (Å²) in [5.41, 5.74) is 0.976. The van der Waals surface area contributed by atoms with Crippen LogP contribution in [0.5, 0.6) is 11.5 Å². The van der Waals surface area contributed by atoms with Gasteiger partial charge in [0.1, 0.15) is 10.8 Å². The average Bonchev–Trinajstić information content (AvgIpc) is 2.91. The molecule has 1 aliphatic carbocycles. The Hall–Kier alpha value is -2.43. The zero-order valence-corrected chi connectivity index (χ0v) is 25.1. The van der Waals surface area contributed by atoms with E-state index in [-0.39, 0.29) is 35.5 Å². The Balaban J connectivity index is 1.78. The van der Waals surface area contributed by atoms with Crippen LogP contribution >= 0.6 is 43.5 Å². The van der Waals surface area contributed by atoms with Gasteiger partial charge in [0.25, 0.3) is 5.56 Å². The standard InChI is InChI=1S/C27H28Br2ClN3O5/c1-3-36-21-12-17(23(29)24(30)25(21)38-15-22(34)37-4-2)14-31-33-26(16-8-6-5-7-9-16)32-20-11-10-18(28)13-19(20)27(33)35/h10-14,16H,3-9,15H2,1-2H3. The molecule has 0 aliphatic heterocycles. The van der Waals surface area contributed by atoms with Crippen LogP contribution in [0.15, 0.2) is 43.1 Å². The van der Waals surface area contributed by atoms with Crippen molar-refractivity contribution in [1.82, 2.24) is 9.66 Å². The smallest absolute Gasteiger partial charge is 0.344 e. The SMILES string of the molecule is CCOC(=O)COc1c(OCC)cc(C=Nn2c(C3CCCCC3)nc3ccc(Br)cc3c2=O)c(Br)c1Cl. The highest BCUT2D eigenvalue weighted by Crippen LogP contribution is 2.42. The van der Waals surface area contributed by atoms with Gasteiger partial charge in [0.15, 0.2) is 18.1 Å². The second kappa shape index (κ2) is 13.1. The number of hydrogen-bond acceptors (Lipinski definition) is 7. The van der Waals surface area contributed by atoms with Crippen molar-refractivity contribution in [3.63, 3.8) is 0 Å². The first kappa shape index (κ1) is 28.6. The molecule has 0 atom stereocenters. The van der Waals surface area contributed by atoms with Crippen molar-refractivity contribution in [3.8, 4) is 11.5 Å². The molecule has 0 spiro atoms. The molecule has 4 rings (SSSR count). The maximum atomic E-state index is 13.6. The number of carbonyl (C=O) groups is 1. The van der Waals surface area contributed by atoms with Gasteiger partial charge in [-0.25, -0.2) is 9.78 Å². The molecule has 1 fully saturated rings. The molecular formula is C27H28Br2ClN3O5. The van der Waals surface area contributed by atoms with Crippen LogP contribution in [0.25, 0.3) is 10.9 Å². The molecule has 0 saturated heterocycles. The average molecular weight is 670 g/mol. The summed E-state index contributed by atoms with van der Waals surface area (Å²) in [5, 5.41) is 5.29. The van der Waals surface area contributed by atoms with Crippen molar-refractivity contribution in [1.29, 1.82) is 0 Å². The van der Waals surface area contributed by atoms with E-state index in [0.29, 0.717) is 39.1 Å². The van der Waals surface area contributed by atoms with Crippen LogP contribution in [0.2, 0.25) is 5.02 Å². The fourth-order valence-corrected chi connectivity index (χ4v) is 5.47. The molecule has 0 amide bonds. The van der Waals surface area contributed by atoms with E-state index in [1.807, 2.05) is 19.1 Å². The summed E-state index contributed by atoms with van der Waals surface area (Å²) < 4.78 is 19.0. The van der Waals surface area contributed by atoms with Crippen LogP contribution in [0.1, 0.15) is 63.3 Å². The molecule has 1 heterocycles. The molecule has 0 radical (unpaired) electrons. The third-order valence-electron chi connectivity index (χ3n) is 6.21. The first-order valence-electron chi connectivity index (χ1n) is 12.5. The quantitative estimate of drug-likeness (QED) is 0.183. The molecule has 1 aromatic heterocycles. The molecule has 2 aromatic carbocycles. The Morgan fingerprint density at radius 3 is 2.63 bits per heavy atom. The van der Waals surface area contributed by atoms with Crippen LogP contribution in [-0.2, 0) is 9.53 Å². The summed E-state index contributed by atoms with van der Waals surface area (Å²) in [7, 11) is 0. The van der Waals surface area contributed by atoms with E-state index in [9.17, 15) is 9.59 Å². The summed E-state index contributed by atoms with van der Waals surface area (Å²) in [4.78, 5) is 30.3. The fraction of sp³-hybridized carbons (Fsp3) is 0.407. The van der Waals surface area contributed by atoms with Gasteiger partial charge in [0, 0.05) is 20.4 Å². The Bertz CT molecular complexity index is 1420. The van der Waals surface area contributed by atoms with Gasteiger partial charge in [-0.05, 0) is 66.9 Å². The first-order valence-corrected chi connectivity index (χ1v) is 14.5. The zero-order valence-electron chi connectivity index (χ0n) is 21.1. The molecule has 8 nitrogen and oxygen atoms in total. The topological polar surface area (TPSA) is 92.0 Å². The predicted octanol–water partition coefficient (Wildman–Crippen LogP) is 6.85. The molecule has 202 valence electrons. The maximum Gasteiger partial charge on any atom is 0.344 e. The lowest BCUT2D eigenvalue weighted by atomic mass is 9.88. The normalized spacial score (nSPS) is 14.2. The Kier molecular flexibility index (Phi) is 9.84. The van der Waals surface area contributed by atoms with Crippen LogP contribution in [0, 0.1) is 0 Å². The number of ether oxygens (including phenoxy) is 3. The van der Waals surface area contributed by atoms with Crippen LogP contribution in [-0.4, -0.2) is 41.7 Å². The third-order valence-corrected chi connectivity index (χ3v) is 8.15.